The number of fused-ring (bicyclic) bond motifs is 3. The summed E-state index contributed by atoms with van der Waals surface area (Å²) in [5, 5.41) is 0. The molecular formula is C22H31NO. The van der Waals surface area contributed by atoms with Crippen molar-refractivity contribution < 1.29 is 4.79 Å². The van der Waals surface area contributed by atoms with Gasteiger partial charge in [0.2, 0.25) is 0 Å². The summed E-state index contributed by atoms with van der Waals surface area (Å²) in [6, 6.07) is 0.412. The van der Waals surface area contributed by atoms with Crippen molar-refractivity contribution in [2.24, 2.45) is 50.6 Å². The molecule has 7 fully saturated rings. The molecule has 7 rings (SSSR count). The molecule has 0 aromatic carbocycles. The summed E-state index contributed by atoms with van der Waals surface area (Å²) in [5.41, 5.74) is 9.79. The molecule has 24 heavy (non-hydrogen) atoms. The van der Waals surface area contributed by atoms with Crippen molar-refractivity contribution in [2.75, 3.05) is 0 Å². The molecule has 2 N–H and O–H groups in total. The maximum atomic E-state index is 12.0. The summed E-state index contributed by atoms with van der Waals surface area (Å²) in [6.45, 7) is 1.82. The van der Waals surface area contributed by atoms with Crippen LogP contribution in [0.15, 0.2) is 0 Å². The second kappa shape index (κ2) is 3.42. The number of carbonyl (C=O) groups is 1. The molecule has 7 saturated carbocycles. The number of carbonyl (C=O) groups excluding carboxylic acids is 1. The first kappa shape index (κ1) is 13.8. The van der Waals surface area contributed by atoms with Gasteiger partial charge in [-0.2, -0.15) is 0 Å². The molecule has 0 aromatic rings. The summed E-state index contributed by atoms with van der Waals surface area (Å²) in [7, 11) is 0. The maximum absolute atomic E-state index is 12.0. The molecule has 7 aliphatic carbocycles. The van der Waals surface area contributed by atoms with Crippen molar-refractivity contribution in [1.29, 1.82) is 0 Å². The summed E-state index contributed by atoms with van der Waals surface area (Å²) in [6.07, 6.45) is 15.6. The number of rotatable bonds is 2. The Labute approximate surface area is 145 Å². The van der Waals surface area contributed by atoms with Gasteiger partial charge in [-0.1, -0.05) is 12.8 Å². The van der Waals surface area contributed by atoms with E-state index in [0.29, 0.717) is 28.1 Å². The average Bonchev–Trinajstić information content (AvgIpc) is 3.02. The molecule has 0 heterocycles. The minimum atomic E-state index is 0.354. The van der Waals surface area contributed by atoms with Crippen LogP contribution in [0, 0.1) is 44.8 Å². The third-order valence-electron chi connectivity index (χ3n) is 11.6. The SMILES string of the molecule is CC(=O)CC12CC(N)C34CC5(CC1C3C24)CC1(CCC1)C51CCC1. The van der Waals surface area contributed by atoms with Crippen molar-refractivity contribution in [1.82, 2.24) is 0 Å². The fourth-order valence-electron chi connectivity index (χ4n) is 11.2. The first-order chi connectivity index (χ1) is 11.5. The van der Waals surface area contributed by atoms with E-state index in [1.54, 1.807) is 6.42 Å². The maximum Gasteiger partial charge on any atom is 0.130 e. The van der Waals surface area contributed by atoms with Gasteiger partial charge in [0.1, 0.15) is 5.78 Å². The van der Waals surface area contributed by atoms with Crippen molar-refractivity contribution in [3.8, 4) is 0 Å². The van der Waals surface area contributed by atoms with Gasteiger partial charge in [0.05, 0.1) is 0 Å². The lowest BCUT2D eigenvalue weighted by atomic mass is 9.23. The van der Waals surface area contributed by atoms with Crippen LogP contribution in [-0.4, -0.2) is 11.8 Å². The van der Waals surface area contributed by atoms with Crippen molar-refractivity contribution in [3.05, 3.63) is 0 Å². The van der Waals surface area contributed by atoms with Crippen LogP contribution in [0.3, 0.4) is 0 Å². The quantitative estimate of drug-likeness (QED) is 0.831. The number of Topliss-reactive ketones (excluding diaryl/α,β-unsaturated/α-hetero) is 1. The number of hydrogen-bond donors (Lipinski definition) is 1. The molecule has 4 spiro atoms. The highest BCUT2D eigenvalue weighted by Crippen LogP contribution is 2.99. The third kappa shape index (κ3) is 0.986. The molecule has 0 aromatic heterocycles. The van der Waals surface area contributed by atoms with Crippen LogP contribution in [0.5, 0.6) is 0 Å². The van der Waals surface area contributed by atoms with Crippen molar-refractivity contribution >= 4 is 5.78 Å². The molecule has 0 bridgehead atoms. The van der Waals surface area contributed by atoms with Crippen LogP contribution in [0.4, 0.5) is 0 Å². The zero-order valence-corrected chi connectivity index (χ0v) is 15.1. The standard InChI is InChI=1S/C22H31NO/c1-13(24)8-20-10-15(23)22-12-19(9-14(20)16(22)17(20)22)11-18(4-2-5-18)21(19)6-3-7-21/h14-17H,2-12,23H2,1H3. The van der Waals surface area contributed by atoms with E-state index in [1.165, 1.54) is 57.8 Å². The van der Waals surface area contributed by atoms with Crippen LogP contribution in [0.25, 0.3) is 0 Å². The van der Waals surface area contributed by atoms with Gasteiger partial charge in [0.25, 0.3) is 0 Å². The Morgan fingerprint density at radius 2 is 1.79 bits per heavy atom. The molecule has 2 heteroatoms. The Balaban J connectivity index is 1.31. The van der Waals surface area contributed by atoms with E-state index in [4.69, 9.17) is 5.73 Å². The molecule has 0 amide bonds. The molecule has 0 aliphatic heterocycles. The summed E-state index contributed by atoms with van der Waals surface area (Å²) < 4.78 is 0. The van der Waals surface area contributed by atoms with E-state index in [-0.39, 0.29) is 0 Å². The predicted octanol–water partition coefficient (Wildman–Crippen LogP) is 4.07. The highest BCUT2D eigenvalue weighted by atomic mass is 16.1. The van der Waals surface area contributed by atoms with Crippen molar-refractivity contribution in [3.63, 3.8) is 0 Å². The summed E-state index contributed by atoms with van der Waals surface area (Å²) >= 11 is 0. The number of hydrogen-bond acceptors (Lipinski definition) is 2. The fraction of sp³-hybridized carbons (Fsp3) is 0.955. The third-order valence-corrected chi connectivity index (χ3v) is 11.6. The van der Waals surface area contributed by atoms with Gasteiger partial charge in [-0.15, -0.1) is 0 Å². The van der Waals surface area contributed by atoms with Gasteiger partial charge in [-0.25, -0.2) is 0 Å². The van der Waals surface area contributed by atoms with Crippen LogP contribution >= 0.6 is 0 Å². The minimum Gasteiger partial charge on any atom is -0.327 e. The Morgan fingerprint density at radius 1 is 1.04 bits per heavy atom. The van der Waals surface area contributed by atoms with Crippen LogP contribution in [0.1, 0.15) is 77.6 Å². The Bertz CT molecular complexity index is 690. The molecule has 2 nitrogen and oxygen atoms in total. The predicted molar refractivity (Wildman–Crippen MR) is 92.1 cm³/mol. The normalized spacial score (nSPS) is 61.6. The smallest absolute Gasteiger partial charge is 0.130 e. The second-order valence-electron chi connectivity index (χ2n) is 11.6. The van der Waals surface area contributed by atoms with Crippen LogP contribution in [-0.2, 0) is 4.79 Å². The number of ketones is 1. The van der Waals surface area contributed by atoms with Gasteiger partial charge in [-0.05, 0) is 103 Å². The first-order valence-electron chi connectivity index (χ1n) is 10.7. The van der Waals surface area contributed by atoms with Gasteiger partial charge < -0.3 is 10.5 Å². The average molecular weight is 325 g/mol. The summed E-state index contributed by atoms with van der Waals surface area (Å²) in [5.74, 6) is 3.08. The van der Waals surface area contributed by atoms with Crippen LogP contribution < -0.4 is 5.73 Å². The second-order valence-corrected chi connectivity index (χ2v) is 11.6. The first-order valence-corrected chi connectivity index (χ1v) is 10.7. The van der Waals surface area contributed by atoms with Gasteiger partial charge >= 0.3 is 0 Å². The zero-order valence-electron chi connectivity index (χ0n) is 15.1. The Hall–Kier alpha value is -0.370. The highest BCUT2D eigenvalue weighted by Gasteiger charge is 2.95. The van der Waals surface area contributed by atoms with Gasteiger partial charge in [0.15, 0.2) is 0 Å². The molecule has 7 atom stereocenters. The van der Waals surface area contributed by atoms with Crippen molar-refractivity contribution in [2.45, 2.75) is 83.6 Å². The molecule has 130 valence electrons. The number of nitrogens with two attached hydrogens (primary N) is 1. The van der Waals surface area contributed by atoms with Gasteiger partial charge in [0, 0.05) is 12.5 Å². The van der Waals surface area contributed by atoms with E-state index >= 15 is 0 Å². The summed E-state index contributed by atoms with van der Waals surface area (Å²) in [4.78, 5) is 12.0. The lowest BCUT2D eigenvalue weighted by Crippen LogP contribution is -2.73. The van der Waals surface area contributed by atoms with Gasteiger partial charge in [-0.3, -0.25) is 0 Å². The van der Waals surface area contributed by atoms with E-state index < -0.39 is 0 Å². The lowest BCUT2D eigenvalue weighted by Gasteiger charge is -2.81. The van der Waals surface area contributed by atoms with Crippen LogP contribution in [0.2, 0.25) is 0 Å². The largest absolute Gasteiger partial charge is 0.327 e. The zero-order chi connectivity index (χ0) is 16.2. The Morgan fingerprint density at radius 3 is 2.38 bits per heavy atom. The molecule has 0 radical (unpaired) electrons. The monoisotopic (exact) mass is 325 g/mol. The molecule has 7 aliphatic rings. The molecule has 7 unspecified atom stereocenters. The Kier molecular flexibility index (Phi) is 1.96. The van der Waals surface area contributed by atoms with E-state index in [2.05, 4.69) is 0 Å². The molecular weight excluding hydrogens is 294 g/mol. The fourth-order valence-corrected chi connectivity index (χ4v) is 11.2. The van der Waals surface area contributed by atoms with E-state index in [1.807, 2.05) is 6.92 Å². The highest BCUT2D eigenvalue weighted by molar-refractivity contribution is 5.77. The minimum absolute atomic E-state index is 0.354. The molecule has 0 saturated heterocycles. The topological polar surface area (TPSA) is 43.1 Å². The van der Waals surface area contributed by atoms with E-state index in [9.17, 15) is 4.79 Å². The lowest BCUT2D eigenvalue weighted by molar-refractivity contribution is -0.320. The van der Waals surface area contributed by atoms with E-state index in [0.717, 1.165) is 35.0 Å².